The monoisotopic (exact) mass is 579 g/mol. The average Bonchev–Trinajstić information content (AvgIpc) is 3.41. The Bertz CT molecular complexity index is 1400. The Balaban J connectivity index is 1.67. The predicted octanol–water partition coefficient (Wildman–Crippen LogP) is 4.09. The summed E-state index contributed by atoms with van der Waals surface area (Å²) >= 11 is 1.26. The fraction of sp³-hybridized carbons (Fsp3) is 0.346. The lowest BCUT2D eigenvalue weighted by Crippen LogP contribution is -2.49. The summed E-state index contributed by atoms with van der Waals surface area (Å²) in [6.07, 6.45) is -0.356. The minimum Gasteiger partial charge on any atom is -0.465 e. The van der Waals surface area contributed by atoms with Gasteiger partial charge in [-0.05, 0) is 30.3 Å². The normalized spacial score (nSPS) is 20.6. The molecule has 0 N–H and O–H groups in total. The first-order chi connectivity index (χ1) is 19.0. The van der Waals surface area contributed by atoms with Crippen molar-refractivity contribution in [1.82, 2.24) is 15.0 Å². The van der Waals surface area contributed by atoms with E-state index in [0.717, 1.165) is 12.1 Å². The molecule has 0 bridgehead atoms. The van der Waals surface area contributed by atoms with Crippen molar-refractivity contribution < 1.29 is 46.5 Å². The van der Waals surface area contributed by atoms with E-state index in [1.807, 2.05) is 0 Å². The molecule has 0 aliphatic carbocycles. The van der Waals surface area contributed by atoms with Crippen molar-refractivity contribution in [3.8, 4) is 11.3 Å². The third-order valence-corrected chi connectivity index (χ3v) is 7.00. The van der Waals surface area contributed by atoms with E-state index >= 15 is 0 Å². The first-order valence-corrected chi connectivity index (χ1v) is 12.8. The molecule has 0 saturated carbocycles. The van der Waals surface area contributed by atoms with Crippen molar-refractivity contribution in [3.63, 3.8) is 0 Å². The summed E-state index contributed by atoms with van der Waals surface area (Å²) in [4.78, 5) is 36.2. The van der Waals surface area contributed by atoms with E-state index in [-0.39, 0.29) is 24.3 Å². The Morgan fingerprint density at radius 1 is 1.10 bits per heavy atom. The van der Waals surface area contributed by atoms with Crippen LogP contribution in [0.4, 0.5) is 13.2 Å². The van der Waals surface area contributed by atoms with E-state index in [4.69, 9.17) is 18.9 Å². The van der Waals surface area contributed by atoms with Gasteiger partial charge in [-0.15, -0.1) is 5.10 Å². The highest BCUT2D eigenvalue weighted by Gasteiger charge is 2.43. The molecule has 1 saturated heterocycles. The Morgan fingerprint density at radius 3 is 2.48 bits per heavy atom. The standard InChI is InChI=1S/C26H24F3N3O7S/c1-13(33)37-12-22-25(38-14(2)34)21(10-23(39-22)40-17-6-4-5-15(7-17)26(35)36-3)32-11-20(30-31-32)16-8-18(27)24(29)19(28)9-16/h4-9,11,21-23,25H,10,12H2,1-3H3/t21-,22?,23-,25-/m1/s1. The molecule has 2 aromatic carbocycles. The van der Waals surface area contributed by atoms with Crippen LogP contribution in [-0.4, -0.2) is 64.3 Å². The van der Waals surface area contributed by atoms with Crippen molar-refractivity contribution in [3.05, 3.63) is 65.6 Å². The zero-order chi connectivity index (χ0) is 29.0. The molecule has 1 aliphatic rings. The number of halogens is 3. The number of thioether (sulfide) groups is 1. The largest absolute Gasteiger partial charge is 0.465 e. The fourth-order valence-electron chi connectivity index (χ4n) is 4.16. The molecule has 2 heterocycles. The van der Waals surface area contributed by atoms with Gasteiger partial charge < -0.3 is 18.9 Å². The Hall–Kier alpha value is -3.91. The van der Waals surface area contributed by atoms with E-state index < -0.39 is 59.0 Å². The molecule has 1 aromatic heterocycles. The van der Waals surface area contributed by atoms with E-state index in [1.54, 1.807) is 24.3 Å². The minimum atomic E-state index is -1.61. The second-order valence-electron chi connectivity index (χ2n) is 8.76. The average molecular weight is 580 g/mol. The van der Waals surface area contributed by atoms with Crippen LogP contribution in [0.1, 0.15) is 36.7 Å². The lowest BCUT2D eigenvalue weighted by atomic mass is 9.99. The predicted molar refractivity (Wildman–Crippen MR) is 133 cm³/mol. The number of esters is 3. The van der Waals surface area contributed by atoms with Gasteiger partial charge in [0, 0.05) is 30.7 Å². The summed E-state index contributed by atoms with van der Waals surface area (Å²) in [6.45, 7) is 2.17. The summed E-state index contributed by atoms with van der Waals surface area (Å²) in [5, 5.41) is 8.05. The first-order valence-electron chi connectivity index (χ1n) is 11.9. The highest BCUT2D eigenvalue weighted by Crippen LogP contribution is 2.39. The quantitative estimate of drug-likeness (QED) is 0.219. The molecule has 0 spiro atoms. The number of carbonyl (C=O) groups excluding carboxylic acids is 3. The number of benzene rings is 2. The van der Waals surface area contributed by atoms with Gasteiger partial charge >= 0.3 is 17.9 Å². The molecule has 1 aliphatic heterocycles. The lowest BCUT2D eigenvalue weighted by Gasteiger charge is -2.40. The Labute approximate surface area is 230 Å². The van der Waals surface area contributed by atoms with Gasteiger partial charge in [-0.3, -0.25) is 9.59 Å². The molecule has 14 heteroatoms. The van der Waals surface area contributed by atoms with E-state index in [1.165, 1.54) is 43.6 Å². The van der Waals surface area contributed by atoms with E-state index in [0.29, 0.717) is 10.5 Å². The molecule has 0 radical (unpaired) electrons. The molecule has 3 aromatic rings. The van der Waals surface area contributed by atoms with Crippen molar-refractivity contribution in [2.75, 3.05) is 13.7 Å². The van der Waals surface area contributed by atoms with Crippen LogP contribution in [0.5, 0.6) is 0 Å². The smallest absolute Gasteiger partial charge is 0.337 e. The fourth-order valence-corrected chi connectivity index (χ4v) is 5.31. The maximum atomic E-state index is 13.8. The number of hydrogen-bond donors (Lipinski definition) is 0. The molecule has 212 valence electrons. The van der Waals surface area contributed by atoms with Gasteiger partial charge in [-0.25, -0.2) is 22.6 Å². The van der Waals surface area contributed by atoms with Crippen LogP contribution >= 0.6 is 11.8 Å². The number of aromatic nitrogens is 3. The van der Waals surface area contributed by atoms with Gasteiger partial charge in [0.05, 0.1) is 24.9 Å². The Morgan fingerprint density at radius 2 is 1.82 bits per heavy atom. The van der Waals surface area contributed by atoms with E-state index in [9.17, 15) is 27.6 Å². The zero-order valence-corrected chi connectivity index (χ0v) is 22.3. The van der Waals surface area contributed by atoms with Gasteiger partial charge in [0.15, 0.2) is 23.6 Å². The molecule has 4 atom stereocenters. The molecule has 10 nitrogen and oxygen atoms in total. The van der Waals surface area contributed by atoms with E-state index in [2.05, 4.69) is 10.3 Å². The Kier molecular flexibility index (Phi) is 9.10. The summed E-state index contributed by atoms with van der Waals surface area (Å²) in [5.41, 5.74) is -0.300. The summed E-state index contributed by atoms with van der Waals surface area (Å²) < 4.78 is 64.1. The topological polar surface area (TPSA) is 119 Å². The molecule has 1 unspecified atom stereocenters. The van der Waals surface area contributed by atoms with Crippen LogP contribution in [0.3, 0.4) is 0 Å². The number of carbonyl (C=O) groups is 3. The number of rotatable bonds is 8. The summed E-state index contributed by atoms with van der Waals surface area (Å²) in [5.74, 6) is -6.12. The molecule has 40 heavy (non-hydrogen) atoms. The maximum Gasteiger partial charge on any atom is 0.337 e. The first kappa shape index (κ1) is 29.1. The summed E-state index contributed by atoms with van der Waals surface area (Å²) in [6, 6.07) is 7.51. The highest BCUT2D eigenvalue weighted by atomic mass is 32.2. The maximum absolute atomic E-state index is 13.8. The van der Waals surface area contributed by atoms with Crippen LogP contribution in [0.15, 0.2) is 47.5 Å². The number of nitrogens with zero attached hydrogens (tertiary/aromatic N) is 3. The lowest BCUT2D eigenvalue weighted by molar-refractivity contribution is -0.182. The highest BCUT2D eigenvalue weighted by molar-refractivity contribution is 7.99. The molecular weight excluding hydrogens is 555 g/mol. The molecule has 4 rings (SSSR count). The minimum absolute atomic E-state index is 0.0392. The van der Waals surface area contributed by atoms with Crippen molar-refractivity contribution in [2.45, 2.75) is 48.8 Å². The second-order valence-corrected chi connectivity index (χ2v) is 9.99. The van der Waals surface area contributed by atoms with Crippen LogP contribution in [0.2, 0.25) is 0 Å². The third kappa shape index (κ3) is 6.80. The number of hydrogen-bond acceptors (Lipinski definition) is 10. The van der Waals surface area contributed by atoms with Crippen molar-refractivity contribution in [2.24, 2.45) is 0 Å². The van der Waals surface area contributed by atoms with Crippen LogP contribution in [0.25, 0.3) is 11.3 Å². The van der Waals surface area contributed by atoms with Gasteiger partial charge in [-0.2, -0.15) is 0 Å². The number of methoxy groups -OCH3 is 1. The zero-order valence-electron chi connectivity index (χ0n) is 21.5. The van der Waals surface area contributed by atoms with Gasteiger partial charge in [0.2, 0.25) is 0 Å². The van der Waals surface area contributed by atoms with Crippen molar-refractivity contribution >= 4 is 29.7 Å². The molecule has 1 fully saturated rings. The van der Waals surface area contributed by atoms with Gasteiger partial charge in [0.25, 0.3) is 0 Å². The van der Waals surface area contributed by atoms with Crippen LogP contribution in [0, 0.1) is 17.5 Å². The molecular formula is C26H24F3N3O7S. The van der Waals surface area contributed by atoms with Gasteiger partial charge in [-0.1, -0.05) is 23.0 Å². The third-order valence-electron chi connectivity index (χ3n) is 5.91. The van der Waals surface area contributed by atoms with Crippen LogP contribution < -0.4 is 0 Å². The number of ether oxygens (including phenoxy) is 4. The summed E-state index contributed by atoms with van der Waals surface area (Å²) in [7, 11) is 1.27. The van der Waals surface area contributed by atoms with Crippen molar-refractivity contribution in [1.29, 1.82) is 0 Å². The van der Waals surface area contributed by atoms with Crippen LogP contribution in [-0.2, 0) is 28.5 Å². The SMILES string of the molecule is COC(=O)c1cccc(S[C@@H]2C[C@@H](n3cc(-c4cc(F)c(F)c(F)c4)nn3)[C@@H](OC(C)=O)C(COC(C)=O)O2)c1. The van der Waals surface area contributed by atoms with Gasteiger partial charge in [0.1, 0.15) is 23.8 Å². The second kappa shape index (κ2) is 12.5. The molecule has 0 amide bonds.